The normalized spacial score (nSPS) is 15.0. The summed E-state index contributed by atoms with van der Waals surface area (Å²) >= 11 is 1.54. The number of benzene rings is 1. The van der Waals surface area contributed by atoms with Crippen molar-refractivity contribution in [1.29, 1.82) is 0 Å². The fraction of sp³-hybridized carbons (Fsp3) is 0. The number of fused-ring (bicyclic) bond motifs is 1. The lowest BCUT2D eigenvalue weighted by atomic mass is 10.1. The summed E-state index contributed by atoms with van der Waals surface area (Å²) in [6.45, 7) is 0. The molecule has 4 nitrogen and oxygen atoms in total. The van der Waals surface area contributed by atoms with Gasteiger partial charge >= 0.3 is 16.1 Å². The molecule has 0 amide bonds. The van der Waals surface area contributed by atoms with Crippen molar-refractivity contribution in [2.45, 2.75) is 0 Å². The van der Waals surface area contributed by atoms with Gasteiger partial charge in [-0.05, 0) is 23.6 Å². The van der Waals surface area contributed by atoms with Crippen LogP contribution in [0.5, 0.6) is 17.2 Å². The van der Waals surface area contributed by atoms with Gasteiger partial charge in [-0.15, -0.1) is 11.3 Å². The minimum Gasteiger partial charge on any atom is -0.565 e. The summed E-state index contributed by atoms with van der Waals surface area (Å²) in [5.74, 6) is 1.55. The largest absolute Gasteiger partial charge is 0.565 e. The molecule has 7 heteroatoms. The Hall–Kier alpha value is -2.14. The number of rotatable bonds is 3. The average Bonchev–Trinajstić information content (AvgIpc) is 3.07. The number of Topliss-reactive ketones (excluding diaryl/α,β-unsaturated/α-hetero) is 1. The van der Waals surface area contributed by atoms with E-state index in [0.717, 1.165) is 4.88 Å². The molecule has 1 aliphatic rings. The number of allylic oxidation sites excluding steroid dienone is 1. The van der Waals surface area contributed by atoms with E-state index in [9.17, 15) is 4.79 Å². The van der Waals surface area contributed by atoms with Crippen molar-refractivity contribution >= 4 is 39.3 Å². The predicted molar refractivity (Wildman–Crippen MR) is 82.0 cm³/mol. The maximum Gasteiger partial charge on any atom is 0.322 e. The van der Waals surface area contributed by atoms with Gasteiger partial charge in [0.1, 0.15) is 5.75 Å². The summed E-state index contributed by atoms with van der Waals surface area (Å²) in [7, 11) is 3.07. The van der Waals surface area contributed by atoms with Crippen LogP contribution in [0.1, 0.15) is 15.2 Å². The molecular weight excluding hydrogens is 274 g/mol. The van der Waals surface area contributed by atoms with E-state index in [1.807, 2.05) is 17.5 Å². The molecule has 0 fully saturated rings. The molecule has 1 aliphatic heterocycles. The molecule has 20 heavy (non-hydrogen) atoms. The van der Waals surface area contributed by atoms with Crippen LogP contribution in [0.2, 0.25) is 0 Å². The maximum absolute atomic E-state index is 12.3. The molecule has 0 N–H and O–H groups in total. The highest BCUT2D eigenvalue weighted by Crippen LogP contribution is 2.45. The van der Waals surface area contributed by atoms with E-state index in [1.54, 1.807) is 37.6 Å². The highest BCUT2D eigenvalue weighted by atomic mass is 32.1. The molecule has 0 atom stereocenters. The van der Waals surface area contributed by atoms with Gasteiger partial charge in [-0.1, -0.05) is 6.07 Å². The summed E-state index contributed by atoms with van der Waals surface area (Å²) in [5.41, 5.74) is 0.491. The molecule has 0 saturated heterocycles. The van der Waals surface area contributed by atoms with Gasteiger partial charge in [0.2, 0.25) is 5.78 Å². The standard InChI is InChI=1S/C13H10B2O4S/c14-18-9-4-3-8-11(16)10(6-7-2-1-5-20-7)17-12(8)13(9)19-15/h1-6H,14-15H2/b10-6-. The van der Waals surface area contributed by atoms with Crippen LogP contribution in [0.15, 0.2) is 35.4 Å². The van der Waals surface area contributed by atoms with E-state index in [-0.39, 0.29) is 5.78 Å². The van der Waals surface area contributed by atoms with E-state index in [1.165, 1.54) is 8.05 Å². The Balaban J connectivity index is 2.06. The molecule has 0 saturated carbocycles. The highest BCUT2D eigenvalue weighted by molar-refractivity contribution is 7.10. The van der Waals surface area contributed by atoms with Crippen LogP contribution in [0, 0.1) is 0 Å². The number of carbonyl (C=O) groups is 1. The Kier molecular flexibility index (Phi) is 3.28. The third-order valence-electron chi connectivity index (χ3n) is 3.00. The summed E-state index contributed by atoms with van der Waals surface area (Å²) in [6, 6.07) is 7.24. The Labute approximate surface area is 121 Å². The monoisotopic (exact) mass is 284 g/mol. The Morgan fingerprint density at radius 3 is 2.70 bits per heavy atom. The second kappa shape index (κ2) is 5.09. The van der Waals surface area contributed by atoms with Gasteiger partial charge in [0.15, 0.2) is 17.3 Å². The molecule has 2 heterocycles. The van der Waals surface area contributed by atoms with Crippen LogP contribution in [0.4, 0.5) is 0 Å². The Morgan fingerprint density at radius 2 is 2.05 bits per heavy atom. The van der Waals surface area contributed by atoms with E-state index in [0.29, 0.717) is 28.6 Å². The van der Waals surface area contributed by atoms with Gasteiger partial charge in [0.05, 0.1) is 5.56 Å². The summed E-state index contributed by atoms with van der Waals surface area (Å²) in [4.78, 5) is 13.3. The van der Waals surface area contributed by atoms with Crippen molar-refractivity contribution < 1.29 is 18.8 Å². The molecule has 0 unspecified atom stereocenters. The third-order valence-corrected chi connectivity index (χ3v) is 3.82. The number of carbonyl (C=O) groups excluding carboxylic acids is 1. The van der Waals surface area contributed by atoms with Crippen molar-refractivity contribution in [3.8, 4) is 17.2 Å². The number of hydrogen-bond acceptors (Lipinski definition) is 5. The minimum atomic E-state index is -0.144. The predicted octanol–water partition coefficient (Wildman–Crippen LogP) is 1.22. The van der Waals surface area contributed by atoms with Gasteiger partial charge in [0, 0.05) is 11.0 Å². The number of hydrogen-bond donors (Lipinski definition) is 0. The maximum atomic E-state index is 12.3. The lowest BCUT2D eigenvalue weighted by molar-refractivity contribution is 0.101. The molecule has 1 aromatic carbocycles. The quantitative estimate of drug-likeness (QED) is 0.628. The van der Waals surface area contributed by atoms with Gasteiger partial charge in [-0.3, -0.25) is 4.79 Å². The van der Waals surface area contributed by atoms with Gasteiger partial charge in [0.25, 0.3) is 0 Å². The summed E-state index contributed by atoms with van der Waals surface area (Å²) in [5, 5.41) is 1.95. The van der Waals surface area contributed by atoms with E-state index >= 15 is 0 Å². The lowest BCUT2D eigenvalue weighted by Gasteiger charge is -2.11. The molecule has 1 aromatic heterocycles. The minimum absolute atomic E-state index is 0.144. The third kappa shape index (κ3) is 2.00. The topological polar surface area (TPSA) is 44.8 Å². The zero-order valence-electron chi connectivity index (χ0n) is 11.0. The second-order valence-electron chi connectivity index (χ2n) is 4.13. The van der Waals surface area contributed by atoms with E-state index in [4.69, 9.17) is 14.0 Å². The average molecular weight is 284 g/mol. The van der Waals surface area contributed by atoms with Gasteiger partial charge in [-0.2, -0.15) is 0 Å². The first-order valence-electron chi connectivity index (χ1n) is 5.97. The fourth-order valence-corrected chi connectivity index (χ4v) is 2.71. The molecule has 0 spiro atoms. The first-order chi connectivity index (χ1) is 9.74. The summed E-state index contributed by atoms with van der Waals surface area (Å²) in [6.07, 6.45) is 1.74. The zero-order chi connectivity index (χ0) is 14.1. The second-order valence-corrected chi connectivity index (χ2v) is 5.11. The lowest BCUT2D eigenvalue weighted by Crippen LogP contribution is -1.97. The number of ketones is 1. The molecule has 0 aliphatic carbocycles. The van der Waals surface area contributed by atoms with Gasteiger partial charge < -0.3 is 14.0 Å². The molecule has 3 rings (SSSR count). The van der Waals surface area contributed by atoms with Crippen LogP contribution >= 0.6 is 11.3 Å². The fourth-order valence-electron chi connectivity index (χ4n) is 2.07. The molecule has 2 aromatic rings. The van der Waals surface area contributed by atoms with E-state index in [2.05, 4.69) is 0 Å². The van der Waals surface area contributed by atoms with Crippen molar-refractivity contribution in [1.82, 2.24) is 0 Å². The van der Waals surface area contributed by atoms with Crippen LogP contribution in [-0.4, -0.2) is 21.9 Å². The molecule has 0 bridgehead atoms. The van der Waals surface area contributed by atoms with Crippen molar-refractivity contribution in [3.63, 3.8) is 0 Å². The smallest absolute Gasteiger partial charge is 0.322 e. The number of thiophene rings is 1. The van der Waals surface area contributed by atoms with Crippen molar-refractivity contribution in [3.05, 3.63) is 45.8 Å². The van der Waals surface area contributed by atoms with Crippen LogP contribution < -0.4 is 14.0 Å². The summed E-state index contributed by atoms with van der Waals surface area (Å²) < 4.78 is 16.2. The first kappa shape index (κ1) is 12.9. The van der Waals surface area contributed by atoms with Crippen LogP contribution in [-0.2, 0) is 0 Å². The SMILES string of the molecule is BOc1ccc2c(c1OB)O/C(=C\c1cccs1)C2=O. The van der Waals surface area contributed by atoms with Gasteiger partial charge in [-0.25, -0.2) is 0 Å². The van der Waals surface area contributed by atoms with E-state index < -0.39 is 0 Å². The first-order valence-corrected chi connectivity index (χ1v) is 6.85. The molecule has 98 valence electrons. The van der Waals surface area contributed by atoms with Crippen LogP contribution in [0.3, 0.4) is 0 Å². The number of ether oxygens (including phenoxy) is 1. The van der Waals surface area contributed by atoms with Crippen molar-refractivity contribution in [2.75, 3.05) is 0 Å². The van der Waals surface area contributed by atoms with Crippen LogP contribution in [0.25, 0.3) is 6.08 Å². The zero-order valence-corrected chi connectivity index (χ0v) is 11.8. The highest BCUT2D eigenvalue weighted by Gasteiger charge is 2.31. The Morgan fingerprint density at radius 1 is 1.20 bits per heavy atom. The molecule has 0 radical (unpaired) electrons. The Bertz CT molecular complexity index is 695. The van der Waals surface area contributed by atoms with Crippen molar-refractivity contribution in [2.24, 2.45) is 0 Å². The molecular formula is C13H10B2O4S.